The van der Waals surface area contributed by atoms with Gasteiger partial charge in [-0.15, -0.1) is 0 Å². The Labute approximate surface area is 149 Å². The zero-order chi connectivity index (χ0) is 17.4. The molecule has 1 amide bonds. The molecule has 2 rings (SSSR count). The molecule has 24 heavy (non-hydrogen) atoms. The van der Waals surface area contributed by atoms with Crippen LogP contribution >= 0.6 is 11.8 Å². The molecule has 0 bridgehead atoms. The topological polar surface area (TPSA) is 65.5 Å². The molecule has 1 fully saturated rings. The van der Waals surface area contributed by atoms with Crippen molar-refractivity contribution in [1.29, 1.82) is 0 Å². The molecule has 1 aliphatic rings. The Kier molecular flexibility index (Phi) is 7.43. The lowest BCUT2D eigenvalue weighted by atomic mass is 10.1. The van der Waals surface area contributed by atoms with Crippen molar-refractivity contribution in [3.05, 3.63) is 35.4 Å². The summed E-state index contributed by atoms with van der Waals surface area (Å²) in [4.78, 5) is 16.2. The van der Waals surface area contributed by atoms with Crippen LogP contribution in [-0.2, 0) is 6.54 Å². The van der Waals surface area contributed by atoms with E-state index in [-0.39, 0.29) is 5.91 Å². The Balaban J connectivity index is 1.94. The summed E-state index contributed by atoms with van der Waals surface area (Å²) in [5.74, 6) is 0.810. The van der Waals surface area contributed by atoms with Gasteiger partial charge in [0.25, 0.3) is 5.91 Å². The fraction of sp³-hybridized carbons (Fsp3) is 0.556. The standard InChI is InChI=1S/C18H28N4OS/c1-4-20-18(22-15-9-10-16(11-15)24-3)21-12-13-5-7-14(8-6-13)17(23)19-2/h5-8,15-16H,4,9-12H2,1-3H3,(H,19,23)(H2,20,21,22). The molecule has 0 spiro atoms. The molecule has 2 unspecified atom stereocenters. The molecule has 0 aromatic heterocycles. The van der Waals surface area contributed by atoms with E-state index in [1.165, 1.54) is 19.3 Å². The Bertz CT molecular complexity index is 559. The van der Waals surface area contributed by atoms with Crippen LogP contribution in [0.5, 0.6) is 0 Å². The Morgan fingerprint density at radius 1 is 1.29 bits per heavy atom. The van der Waals surface area contributed by atoms with E-state index < -0.39 is 0 Å². The minimum absolute atomic E-state index is 0.0651. The summed E-state index contributed by atoms with van der Waals surface area (Å²) in [6, 6.07) is 8.10. The number of thioether (sulfide) groups is 1. The van der Waals surface area contributed by atoms with Crippen LogP contribution in [0.4, 0.5) is 0 Å². The highest BCUT2D eigenvalue weighted by molar-refractivity contribution is 7.99. The van der Waals surface area contributed by atoms with Gasteiger partial charge in [0.05, 0.1) is 6.54 Å². The zero-order valence-electron chi connectivity index (χ0n) is 14.8. The summed E-state index contributed by atoms with van der Waals surface area (Å²) in [6.07, 6.45) is 5.87. The second-order valence-electron chi connectivity index (χ2n) is 5.98. The fourth-order valence-corrected chi connectivity index (χ4v) is 3.67. The predicted octanol–water partition coefficient (Wildman–Crippen LogP) is 2.39. The van der Waals surface area contributed by atoms with E-state index in [1.807, 2.05) is 36.0 Å². The van der Waals surface area contributed by atoms with E-state index in [4.69, 9.17) is 0 Å². The second-order valence-corrected chi connectivity index (χ2v) is 7.12. The minimum atomic E-state index is -0.0651. The largest absolute Gasteiger partial charge is 0.357 e. The lowest BCUT2D eigenvalue weighted by Gasteiger charge is -2.17. The maximum absolute atomic E-state index is 11.6. The monoisotopic (exact) mass is 348 g/mol. The van der Waals surface area contributed by atoms with Gasteiger partial charge in [0.2, 0.25) is 0 Å². The van der Waals surface area contributed by atoms with Gasteiger partial charge < -0.3 is 16.0 Å². The first-order chi connectivity index (χ1) is 11.7. The van der Waals surface area contributed by atoms with Gasteiger partial charge in [-0.3, -0.25) is 4.79 Å². The van der Waals surface area contributed by atoms with E-state index in [0.29, 0.717) is 18.2 Å². The van der Waals surface area contributed by atoms with E-state index in [0.717, 1.165) is 23.3 Å². The average molecular weight is 349 g/mol. The molecule has 1 saturated carbocycles. The maximum Gasteiger partial charge on any atom is 0.251 e. The van der Waals surface area contributed by atoms with Gasteiger partial charge in [-0.2, -0.15) is 11.8 Å². The molecule has 1 aromatic rings. The van der Waals surface area contributed by atoms with Crippen molar-refractivity contribution in [2.75, 3.05) is 19.8 Å². The number of amides is 1. The van der Waals surface area contributed by atoms with E-state index in [2.05, 4.69) is 34.1 Å². The van der Waals surface area contributed by atoms with Crippen LogP contribution in [0.25, 0.3) is 0 Å². The first kappa shape index (κ1) is 18.6. The first-order valence-electron chi connectivity index (χ1n) is 8.55. The molecule has 132 valence electrons. The van der Waals surface area contributed by atoms with Crippen LogP contribution in [0.2, 0.25) is 0 Å². The number of carbonyl (C=O) groups is 1. The quantitative estimate of drug-likeness (QED) is 0.545. The van der Waals surface area contributed by atoms with Gasteiger partial charge in [0.1, 0.15) is 0 Å². The number of guanidine groups is 1. The second kappa shape index (κ2) is 9.57. The summed E-state index contributed by atoms with van der Waals surface area (Å²) >= 11 is 1.96. The third kappa shape index (κ3) is 5.44. The summed E-state index contributed by atoms with van der Waals surface area (Å²) in [5.41, 5.74) is 1.76. The number of carbonyl (C=O) groups excluding carboxylic acids is 1. The number of nitrogens with one attached hydrogen (secondary N) is 3. The molecule has 0 heterocycles. The highest BCUT2D eigenvalue weighted by atomic mass is 32.2. The molecule has 0 radical (unpaired) electrons. The Morgan fingerprint density at radius 3 is 2.62 bits per heavy atom. The number of hydrogen-bond acceptors (Lipinski definition) is 3. The third-order valence-corrected chi connectivity index (χ3v) is 5.36. The van der Waals surface area contributed by atoms with Gasteiger partial charge in [0.15, 0.2) is 5.96 Å². The van der Waals surface area contributed by atoms with Crippen molar-refractivity contribution in [3.8, 4) is 0 Å². The number of aliphatic imine (C=N–C) groups is 1. The van der Waals surface area contributed by atoms with Crippen molar-refractivity contribution in [3.63, 3.8) is 0 Å². The summed E-state index contributed by atoms with van der Waals surface area (Å²) in [5, 5.41) is 10.3. The first-order valence-corrected chi connectivity index (χ1v) is 9.83. The van der Waals surface area contributed by atoms with Gasteiger partial charge in [0, 0.05) is 30.4 Å². The van der Waals surface area contributed by atoms with Crippen LogP contribution in [0.1, 0.15) is 42.1 Å². The molecule has 5 nitrogen and oxygen atoms in total. The average Bonchev–Trinajstić information content (AvgIpc) is 3.07. The van der Waals surface area contributed by atoms with Crippen molar-refractivity contribution in [2.45, 2.75) is 44.0 Å². The highest BCUT2D eigenvalue weighted by Crippen LogP contribution is 2.28. The third-order valence-electron chi connectivity index (χ3n) is 4.27. The summed E-state index contributed by atoms with van der Waals surface area (Å²) in [6.45, 7) is 3.52. The normalized spacial score (nSPS) is 20.7. The number of nitrogens with zero attached hydrogens (tertiary/aromatic N) is 1. The van der Waals surface area contributed by atoms with Crippen LogP contribution in [-0.4, -0.2) is 43.0 Å². The van der Waals surface area contributed by atoms with Gasteiger partial charge in [-0.1, -0.05) is 12.1 Å². The van der Waals surface area contributed by atoms with Crippen LogP contribution in [0.3, 0.4) is 0 Å². The molecule has 3 N–H and O–H groups in total. The number of rotatable bonds is 6. The highest BCUT2D eigenvalue weighted by Gasteiger charge is 2.24. The number of benzene rings is 1. The summed E-state index contributed by atoms with van der Waals surface area (Å²) < 4.78 is 0. The SMILES string of the molecule is CCNC(=NCc1ccc(C(=O)NC)cc1)NC1CCC(SC)C1. The van der Waals surface area contributed by atoms with E-state index in [1.54, 1.807) is 7.05 Å². The minimum Gasteiger partial charge on any atom is -0.357 e. The fourth-order valence-electron chi connectivity index (χ4n) is 2.87. The molecule has 1 aliphatic carbocycles. The van der Waals surface area contributed by atoms with Gasteiger partial charge >= 0.3 is 0 Å². The van der Waals surface area contributed by atoms with Gasteiger partial charge in [-0.05, 0) is 50.1 Å². The van der Waals surface area contributed by atoms with Crippen LogP contribution in [0, 0.1) is 0 Å². The lowest BCUT2D eigenvalue weighted by molar-refractivity contribution is 0.0963. The smallest absolute Gasteiger partial charge is 0.251 e. The Hall–Kier alpha value is -1.69. The maximum atomic E-state index is 11.6. The van der Waals surface area contributed by atoms with Gasteiger partial charge in [-0.25, -0.2) is 4.99 Å². The molecule has 1 aromatic carbocycles. The van der Waals surface area contributed by atoms with Crippen molar-refractivity contribution in [2.24, 2.45) is 4.99 Å². The predicted molar refractivity (Wildman–Crippen MR) is 103 cm³/mol. The molecule has 0 aliphatic heterocycles. The zero-order valence-corrected chi connectivity index (χ0v) is 15.6. The summed E-state index contributed by atoms with van der Waals surface area (Å²) in [7, 11) is 1.64. The lowest BCUT2D eigenvalue weighted by Crippen LogP contribution is -2.42. The van der Waals surface area contributed by atoms with Crippen molar-refractivity contribution in [1.82, 2.24) is 16.0 Å². The van der Waals surface area contributed by atoms with E-state index in [9.17, 15) is 4.79 Å². The van der Waals surface area contributed by atoms with Crippen molar-refractivity contribution < 1.29 is 4.79 Å². The molecule has 2 atom stereocenters. The van der Waals surface area contributed by atoms with E-state index >= 15 is 0 Å². The molecular formula is C18H28N4OS. The molecule has 6 heteroatoms. The number of hydrogen-bond donors (Lipinski definition) is 3. The van der Waals surface area contributed by atoms with Crippen LogP contribution < -0.4 is 16.0 Å². The van der Waals surface area contributed by atoms with Crippen molar-refractivity contribution >= 4 is 23.6 Å². The molecule has 0 saturated heterocycles. The Morgan fingerprint density at radius 2 is 2.04 bits per heavy atom. The van der Waals surface area contributed by atoms with Crippen LogP contribution in [0.15, 0.2) is 29.3 Å². The molecular weight excluding hydrogens is 320 g/mol.